The first-order valence-corrected chi connectivity index (χ1v) is 9.00. The van der Waals surface area contributed by atoms with E-state index in [1.807, 2.05) is 13.8 Å². The summed E-state index contributed by atoms with van der Waals surface area (Å²) in [5.41, 5.74) is 6.01. The van der Waals surface area contributed by atoms with Crippen LogP contribution in [0.1, 0.15) is 34.6 Å². The van der Waals surface area contributed by atoms with Crippen LogP contribution in [0.2, 0.25) is 5.02 Å². The molecule has 0 spiro atoms. The average molecular weight is 421 g/mol. The number of rotatable bonds is 8. The first-order valence-electron chi connectivity index (χ1n) is 8.62. The highest BCUT2D eigenvalue weighted by Crippen LogP contribution is 2.37. The highest BCUT2D eigenvalue weighted by molar-refractivity contribution is 6.32. The number of primary amides is 1. The molecular formula is C20H21ClN2O6. The number of hydrogen-bond donors (Lipinski definition) is 2. The number of carbonyl (C=O) groups is 3. The predicted molar refractivity (Wildman–Crippen MR) is 108 cm³/mol. The van der Waals surface area contributed by atoms with Crippen LogP contribution in [-0.2, 0) is 9.53 Å². The number of anilines is 1. The Balaban J connectivity index is 2.00. The molecule has 0 aliphatic carbocycles. The van der Waals surface area contributed by atoms with Crippen molar-refractivity contribution in [2.45, 2.75) is 20.0 Å². The molecule has 8 nitrogen and oxygen atoms in total. The maximum Gasteiger partial charge on any atom is 0.338 e. The van der Waals surface area contributed by atoms with Gasteiger partial charge in [0.1, 0.15) is 0 Å². The summed E-state index contributed by atoms with van der Waals surface area (Å²) in [6.07, 6.45) is -0.139. The van der Waals surface area contributed by atoms with Gasteiger partial charge in [-0.05, 0) is 50.2 Å². The van der Waals surface area contributed by atoms with E-state index in [1.165, 1.54) is 43.5 Å². The van der Waals surface area contributed by atoms with Crippen LogP contribution < -0.4 is 20.5 Å². The molecule has 0 radical (unpaired) electrons. The van der Waals surface area contributed by atoms with Crippen molar-refractivity contribution in [2.75, 3.05) is 19.0 Å². The quantitative estimate of drug-likeness (QED) is 0.634. The molecule has 0 saturated carbocycles. The fraction of sp³-hybridized carbons (Fsp3) is 0.250. The molecular weight excluding hydrogens is 400 g/mol. The number of halogens is 1. The summed E-state index contributed by atoms with van der Waals surface area (Å²) in [5, 5.41) is 2.72. The van der Waals surface area contributed by atoms with Gasteiger partial charge in [0, 0.05) is 11.3 Å². The number of ether oxygens (including phenoxy) is 3. The van der Waals surface area contributed by atoms with Crippen molar-refractivity contribution in [3.8, 4) is 11.5 Å². The number of hydrogen-bond acceptors (Lipinski definition) is 6. The van der Waals surface area contributed by atoms with Crippen LogP contribution >= 0.6 is 11.6 Å². The topological polar surface area (TPSA) is 117 Å². The minimum absolute atomic E-state index is 0.113. The minimum Gasteiger partial charge on any atom is -0.493 e. The lowest BCUT2D eigenvalue weighted by Crippen LogP contribution is -2.21. The number of esters is 1. The predicted octanol–water partition coefficient (Wildman–Crippen LogP) is 3.03. The smallest absolute Gasteiger partial charge is 0.338 e. The van der Waals surface area contributed by atoms with Crippen molar-refractivity contribution < 1.29 is 28.6 Å². The van der Waals surface area contributed by atoms with E-state index in [9.17, 15) is 14.4 Å². The van der Waals surface area contributed by atoms with Crippen molar-refractivity contribution in [3.63, 3.8) is 0 Å². The maximum atomic E-state index is 12.3. The SMILES string of the molecule is COc1cc(C(=O)OCC(=O)Nc2ccc(C(N)=O)cc2)cc(Cl)c1OC(C)C. The standard InChI is InChI=1S/C20H21ClN2O6/c1-11(2)29-18-15(21)8-13(9-16(18)27-3)20(26)28-10-17(24)23-14-6-4-12(5-7-14)19(22)25/h4-9,11H,10H2,1-3H3,(H2,22,25)(H,23,24). The number of methoxy groups -OCH3 is 1. The maximum absolute atomic E-state index is 12.3. The van der Waals surface area contributed by atoms with E-state index >= 15 is 0 Å². The Hall–Kier alpha value is -3.26. The molecule has 2 amide bonds. The number of benzene rings is 2. The fourth-order valence-corrected chi connectivity index (χ4v) is 2.57. The van der Waals surface area contributed by atoms with E-state index in [2.05, 4.69) is 5.32 Å². The lowest BCUT2D eigenvalue weighted by molar-refractivity contribution is -0.119. The summed E-state index contributed by atoms with van der Waals surface area (Å²) in [7, 11) is 1.42. The first-order chi connectivity index (χ1) is 13.7. The zero-order valence-corrected chi connectivity index (χ0v) is 16.9. The largest absolute Gasteiger partial charge is 0.493 e. The second-order valence-electron chi connectivity index (χ2n) is 6.22. The van der Waals surface area contributed by atoms with Gasteiger partial charge in [0.25, 0.3) is 5.91 Å². The van der Waals surface area contributed by atoms with Gasteiger partial charge < -0.3 is 25.3 Å². The minimum atomic E-state index is -0.750. The molecule has 0 atom stereocenters. The molecule has 0 bridgehead atoms. The molecule has 29 heavy (non-hydrogen) atoms. The van der Waals surface area contributed by atoms with Gasteiger partial charge in [0.05, 0.1) is 23.8 Å². The number of amides is 2. The molecule has 9 heteroatoms. The molecule has 2 aromatic carbocycles. The highest BCUT2D eigenvalue weighted by atomic mass is 35.5. The average Bonchev–Trinajstić information content (AvgIpc) is 2.67. The van der Waals surface area contributed by atoms with E-state index in [4.69, 9.17) is 31.5 Å². The monoisotopic (exact) mass is 420 g/mol. The van der Waals surface area contributed by atoms with Crippen molar-refractivity contribution >= 4 is 35.1 Å². The van der Waals surface area contributed by atoms with E-state index in [0.717, 1.165) is 0 Å². The molecule has 0 unspecified atom stereocenters. The molecule has 2 rings (SSSR count). The van der Waals surface area contributed by atoms with Crippen LogP contribution in [0, 0.1) is 0 Å². The summed E-state index contributed by atoms with van der Waals surface area (Å²) in [6.45, 7) is 3.15. The Morgan fingerprint density at radius 3 is 2.31 bits per heavy atom. The van der Waals surface area contributed by atoms with Crippen LogP contribution in [0.25, 0.3) is 0 Å². The van der Waals surface area contributed by atoms with Gasteiger partial charge >= 0.3 is 5.97 Å². The van der Waals surface area contributed by atoms with Gasteiger partial charge in [-0.2, -0.15) is 0 Å². The third-order valence-electron chi connectivity index (χ3n) is 3.61. The highest BCUT2D eigenvalue weighted by Gasteiger charge is 2.18. The molecule has 154 valence electrons. The molecule has 0 fully saturated rings. The van der Waals surface area contributed by atoms with Gasteiger partial charge in [-0.15, -0.1) is 0 Å². The van der Waals surface area contributed by atoms with Crippen molar-refractivity contribution in [1.29, 1.82) is 0 Å². The van der Waals surface area contributed by atoms with E-state index in [1.54, 1.807) is 0 Å². The van der Waals surface area contributed by atoms with Crippen LogP contribution in [-0.4, -0.2) is 37.6 Å². The van der Waals surface area contributed by atoms with Crippen molar-refractivity contribution in [1.82, 2.24) is 0 Å². The summed E-state index contributed by atoms with van der Waals surface area (Å²) >= 11 is 6.18. The molecule has 0 aliphatic rings. The van der Waals surface area contributed by atoms with Crippen LogP contribution in [0.4, 0.5) is 5.69 Å². The number of nitrogens with one attached hydrogen (secondary N) is 1. The van der Waals surface area contributed by atoms with Gasteiger partial charge in [-0.1, -0.05) is 11.6 Å². The number of carbonyl (C=O) groups excluding carboxylic acids is 3. The van der Waals surface area contributed by atoms with Crippen LogP contribution in [0.15, 0.2) is 36.4 Å². The molecule has 0 saturated heterocycles. The Morgan fingerprint density at radius 2 is 1.76 bits per heavy atom. The summed E-state index contributed by atoms with van der Waals surface area (Å²) in [5.74, 6) is -1.28. The Kier molecular flexibility index (Phi) is 7.44. The normalized spacial score (nSPS) is 10.4. The van der Waals surface area contributed by atoms with E-state index in [-0.39, 0.29) is 22.4 Å². The van der Waals surface area contributed by atoms with E-state index in [0.29, 0.717) is 17.0 Å². The zero-order chi connectivity index (χ0) is 21.6. The molecule has 2 aromatic rings. The Labute approximate surface area is 172 Å². The van der Waals surface area contributed by atoms with Crippen molar-refractivity contribution in [2.24, 2.45) is 5.73 Å². The fourth-order valence-electron chi connectivity index (χ4n) is 2.32. The van der Waals surface area contributed by atoms with Crippen LogP contribution in [0.3, 0.4) is 0 Å². The molecule has 0 aliphatic heterocycles. The summed E-state index contributed by atoms with van der Waals surface area (Å²) in [4.78, 5) is 35.3. The van der Waals surface area contributed by atoms with Gasteiger partial charge in [-0.3, -0.25) is 9.59 Å². The lowest BCUT2D eigenvalue weighted by atomic mass is 10.2. The van der Waals surface area contributed by atoms with Gasteiger partial charge in [-0.25, -0.2) is 4.79 Å². The molecule has 0 heterocycles. The van der Waals surface area contributed by atoms with E-state index < -0.39 is 24.4 Å². The third-order valence-corrected chi connectivity index (χ3v) is 3.89. The van der Waals surface area contributed by atoms with Gasteiger partial charge in [0.2, 0.25) is 5.91 Å². The second-order valence-corrected chi connectivity index (χ2v) is 6.63. The molecule has 0 aromatic heterocycles. The number of nitrogens with two attached hydrogens (primary N) is 1. The first kappa shape index (κ1) is 22.0. The molecule has 3 N–H and O–H groups in total. The Morgan fingerprint density at radius 1 is 1.10 bits per heavy atom. The summed E-state index contributed by atoms with van der Waals surface area (Å²) < 4.78 is 15.8. The van der Waals surface area contributed by atoms with Crippen molar-refractivity contribution in [3.05, 3.63) is 52.5 Å². The van der Waals surface area contributed by atoms with Gasteiger partial charge in [0.15, 0.2) is 18.1 Å². The zero-order valence-electron chi connectivity index (χ0n) is 16.2. The third kappa shape index (κ3) is 6.11. The Bertz CT molecular complexity index is 912. The summed E-state index contributed by atoms with van der Waals surface area (Å²) in [6, 6.07) is 8.77. The second kappa shape index (κ2) is 9.79. The van der Waals surface area contributed by atoms with Crippen LogP contribution in [0.5, 0.6) is 11.5 Å². The lowest BCUT2D eigenvalue weighted by Gasteiger charge is -2.16.